The second kappa shape index (κ2) is 6.41. The highest BCUT2D eigenvalue weighted by atomic mass is 16.5. The van der Waals surface area contributed by atoms with E-state index < -0.39 is 0 Å². The summed E-state index contributed by atoms with van der Waals surface area (Å²) in [5.41, 5.74) is 2.93. The zero-order valence-corrected chi connectivity index (χ0v) is 13.7. The van der Waals surface area contributed by atoms with Crippen LogP contribution in [0, 0.1) is 6.92 Å². The summed E-state index contributed by atoms with van der Waals surface area (Å²) in [5, 5.41) is 12.7. The summed E-state index contributed by atoms with van der Waals surface area (Å²) in [5.74, 6) is 0. The van der Waals surface area contributed by atoms with Crippen LogP contribution in [-0.4, -0.2) is 70.1 Å². The molecule has 0 spiro atoms. The Balaban J connectivity index is 1.57. The van der Waals surface area contributed by atoms with Crippen LogP contribution in [0.4, 0.5) is 5.69 Å². The van der Waals surface area contributed by atoms with Crippen molar-refractivity contribution in [2.45, 2.75) is 32.3 Å². The van der Waals surface area contributed by atoms with Crippen molar-refractivity contribution in [3.63, 3.8) is 0 Å². The summed E-state index contributed by atoms with van der Waals surface area (Å²) < 4.78 is 7.87. The van der Waals surface area contributed by atoms with Gasteiger partial charge in [0, 0.05) is 26.2 Å². The lowest BCUT2D eigenvalue weighted by Gasteiger charge is -2.28. The Morgan fingerprint density at radius 3 is 2.96 bits per heavy atom. The Hall–Kier alpha value is -1.73. The number of fused-ring (bicyclic) bond motifs is 1. The van der Waals surface area contributed by atoms with Gasteiger partial charge in [-0.1, -0.05) is 0 Å². The number of rotatable bonds is 3. The van der Waals surface area contributed by atoms with Gasteiger partial charge < -0.3 is 14.5 Å². The molecule has 1 unspecified atom stereocenters. The lowest BCUT2D eigenvalue weighted by atomic mass is 10.2. The average Bonchev–Trinajstić information content (AvgIpc) is 3.15. The molecule has 2 aromatic heterocycles. The number of nitrogens with zero attached hydrogens (tertiary/aromatic N) is 6. The Morgan fingerprint density at radius 1 is 1.22 bits per heavy atom. The maximum atomic E-state index is 6.10. The molecule has 4 rings (SSSR count). The van der Waals surface area contributed by atoms with Crippen LogP contribution in [0.1, 0.15) is 25.0 Å². The largest absolute Gasteiger partial charge is 0.375 e. The maximum Gasteiger partial charge on any atom is 0.200 e. The molecule has 0 bridgehead atoms. The van der Waals surface area contributed by atoms with Gasteiger partial charge >= 0.3 is 0 Å². The molecule has 7 heteroatoms. The van der Waals surface area contributed by atoms with E-state index in [1.807, 2.05) is 6.92 Å². The third-order valence-corrected chi connectivity index (χ3v) is 4.72. The first kappa shape index (κ1) is 14.8. The fourth-order valence-electron chi connectivity index (χ4n) is 3.64. The molecule has 4 heterocycles. The summed E-state index contributed by atoms with van der Waals surface area (Å²) >= 11 is 0. The monoisotopic (exact) mass is 316 g/mol. The van der Waals surface area contributed by atoms with Crippen molar-refractivity contribution >= 4 is 11.3 Å². The molecule has 7 nitrogen and oxygen atoms in total. The number of hydrogen-bond donors (Lipinski definition) is 0. The Bertz CT molecular complexity index is 666. The molecule has 23 heavy (non-hydrogen) atoms. The van der Waals surface area contributed by atoms with Crippen molar-refractivity contribution in [3.05, 3.63) is 18.1 Å². The van der Waals surface area contributed by atoms with E-state index >= 15 is 0 Å². The summed E-state index contributed by atoms with van der Waals surface area (Å²) in [4.78, 5) is 4.92. The molecule has 0 N–H and O–H groups in total. The molecule has 1 atom stereocenters. The molecule has 2 aromatic rings. The van der Waals surface area contributed by atoms with Gasteiger partial charge in [-0.05, 0) is 45.3 Å². The number of hydrogen-bond acceptors (Lipinski definition) is 6. The van der Waals surface area contributed by atoms with Crippen LogP contribution in [0.15, 0.2) is 12.4 Å². The van der Waals surface area contributed by atoms with Crippen LogP contribution in [0.2, 0.25) is 0 Å². The van der Waals surface area contributed by atoms with E-state index in [9.17, 15) is 0 Å². The number of aromatic nitrogens is 4. The van der Waals surface area contributed by atoms with Crippen molar-refractivity contribution < 1.29 is 4.74 Å². The highest BCUT2D eigenvalue weighted by molar-refractivity contribution is 5.68. The summed E-state index contributed by atoms with van der Waals surface area (Å²) in [7, 11) is 0. The van der Waals surface area contributed by atoms with Gasteiger partial charge in [-0.25, -0.2) is 0 Å². The minimum Gasteiger partial charge on any atom is -0.375 e. The van der Waals surface area contributed by atoms with Gasteiger partial charge in [-0.15, -0.1) is 10.2 Å². The second-order valence-corrected chi connectivity index (χ2v) is 6.57. The van der Waals surface area contributed by atoms with Gasteiger partial charge in [0.2, 0.25) is 5.65 Å². The van der Waals surface area contributed by atoms with Gasteiger partial charge in [-0.2, -0.15) is 9.61 Å². The third-order valence-electron chi connectivity index (χ3n) is 4.72. The van der Waals surface area contributed by atoms with Crippen molar-refractivity contribution in [2.24, 2.45) is 0 Å². The van der Waals surface area contributed by atoms with E-state index in [-0.39, 0.29) is 6.10 Å². The summed E-state index contributed by atoms with van der Waals surface area (Å²) in [6, 6.07) is 2.11. The van der Waals surface area contributed by atoms with Crippen LogP contribution in [-0.2, 0) is 4.74 Å². The van der Waals surface area contributed by atoms with Crippen LogP contribution < -0.4 is 4.90 Å². The maximum absolute atomic E-state index is 6.10. The molecular weight excluding hydrogens is 292 g/mol. The molecule has 0 radical (unpaired) electrons. The third kappa shape index (κ3) is 3.16. The van der Waals surface area contributed by atoms with E-state index in [1.165, 1.54) is 25.9 Å². The average molecular weight is 316 g/mol. The van der Waals surface area contributed by atoms with Crippen LogP contribution in [0.5, 0.6) is 0 Å². The minimum atomic E-state index is 0.257. The van der Waals surface area contributed by atoms with Gasteiger partial charge in [-0.3, -0.25) is 0 Å². The number of aryl methyl sites for hydroxylation is 1. The van der Waals surface area contributed by atoms with E-state index in [1.54, 1.807) is 10.8 Å². The number of anilines is 1. The Kier molecular flexibility index (Phi) is 4.13. The SMILES string of the molecule is Cc1cc(N2CCCOC(CN3CCCC3)C2)c2nncn2n1. The Labute approximate surface area is 136 Å². The molecule has 0 aromatic carbocycles. The molecular formula is C16H24N6O. The summed E-state index contributed by atoms with van der Waals surface area (Å²) in [6.45, 7) is 8.20. The summed E-state index contributed by atoms with van der Waals surface area (Å²) in [6.07, 6.45) is 5.60. The van der Waals surface area contributed by atoms with E-state index in [0.717, 1.165) is 49.7 Å². The first-order valence-electron chi connectivity index (χ1n) is 8.56. The second-order valence-electron chi connectivity index (χ2n) is 6.57. The minimum absolute atomic E-state index is 0.257. The highest BCUT2D eigenvalue weighted by Gasteiger charge is 2.24. The standard InChI is InChI=1S/C16H24N6O/c1-13-9-15(16-18-17-12-22(16)19-13)21-7-4-8-23-14(11-21)10-20-5-2-3-6-20/h9,12,14H,2-8,10-11H2,1H3. The van der Waals surface area contributed by atoms with Crippen molar-refractivity contribution in [1.82, 2.24) is 24.7 Å². The topological polar surface area (TPSA) is 58.8 Å². The lowest BCUT2D eigenvalue weighted by Crippen LogP contribution is -2.39. The normalized spacial score (nSPS) is 23.5. The van der Waals surface area contributed by atoms with Crippen LogP contribution in [0.3, 0.4) is 0 Å². The predicted octanol–water partition coefficient (Wildman–Crippen LogP) is 1.12. The molecule has 124 valence electrons. The van der Waals surface area contributed by atoms with Gasteiger partial charge in [0.05, 0.1) is 17.5 Å². The quantitative estimate of drug-likeness (QED) is 0.846. The van der Waals surface area contributed by atoms with Gasteiger partial charge in [0.1, 0.15) is 6.33 Å². The Morgan fingerprint density at radius 2 is 2.09 bits per heavy atom. The lowest BCUT2D eigenvalue weighted by molar-refractivity contribution is 0.0451. The van der Waals surface area contributed by atoms with Gasteiger partial charge in [0.25, 0.3) is 0 Å². The smallest absolute Gasteiger partial charge is 0.200 e. The van der Waals surface area contributed by atoms with Crippen molar-refractivity contribution in [3.8, 4) is 0 Å². The molecule has 2 fully saturated rings. The van der Waals surface area contributed by atoms with Crippen molar-refractivity contribution in [2.75, 3.05) is 44.2 Å². The number of likely N-dealkylation sites (tertiary alicyclic amines) is 1. The zero-order valence-electron chi connectivity index (χ0n) is 13.7. The first-order valence-corrected chi connectivity index (χ1v) is 8.56. The van der Waals surface area contributed by atoms with E-state index in [2.05, 4.69) is 31.2 Å². The molecule has 0 amide bonds. The van der Waals surface area contributed by atoms with Crippen LogP contribution >= 0.6 is 0 Å². The molecule has 2 saturated heterocycles. The number of ether oxygens (including phenoxy) is 1. The first-order chi connectivity index (χ1) is 11.3. The van der Waals surface area contributed by atoms with E-state index in [4.69, 9.17) is 4.74 Å². The fraction of sp³-hybridized carbons (Fsp3) is 0.688. The zero-order chi connectivity index (χ0) is 15.6. The van der Waals surface area contributed by atoms with E-state index in [0.29, 0.717) is 0 Å². The molecule has 0 saturated carbocycles. The highest BCUT2D eigenvalue weighted by Crippen LogP contribution is 2.23. The van der Waals surface area contributed by atoms with Crippen LogP contribution in [0.25, 0.3) is 5.65 Å². The predicted molar refractivity (Wildman–Crippen MR) is 87.8 cm³/mol. The molecule has 2 aliphatic heterocycles. The fourth-order valence-corrected chi connectivity index (χ4v) is 3.64. The van der Waals surface area contributed by atoms with Gasteiger partial charge in [0.15, 0.2) is 0 Å². The molecule has 2 aliphatic rings. The van der Waals surface area contributed by atoms with Crippen molar-refractivity contribution in [1.29, 1.82) is 0 Å². The molecule has 0 aliphatic carbocycles.